The van der Waals surface area contributed by atoms with E-state index in [1.54, 1.807) is 17.4 Å². The predicted octanol–water partition coefficient (Wildman–Crippen LogP) is 3.10. The Kier molecular flexibility index (Phi) is 5.61. The van der Waals surface area contributed by atoms with E-state index < -0.39 is 0 Å². The summed E-state index contributed by atoms with van der Waals surface area (Å²) in [5.41, 5.74) is 0.357. The average Bonchev–Trinajstić information content (AvgIpc) is 2.98. The highest BCUT2D eigenvalue weighted by molar-refractivity contribution is 7.09. The maximum atomic E-state index is 11.9. The van der Waals surface area contributed by atoms with Crippen LogP contribution in [-0.2, 0) is 11.3 Å². The van der Waals surface area contributed by atoms with Crippen molar-refractivity contribution in [2.24, 2.45) is 0 Å². The zero-order valence-corrected chi connectivity index (χ0v) is 13.2. The van der Waals surface area contributed by atoms with Crippen LogP contribution in [0, 0.1) is 0 Å². The molecule has 0 aliphatic rings. The van der Waals surface area contributed by atoms with Crippen LogP contribution in [0.2, 0.25) is 10.0 Å². The molecule has 0 spiro atoms. The molecule has 0 aliphatic heterocycles. The number of hydrogen-bond donors (Lipinski definition) is 2. The second-order valence-electron chi connectivity index (χ2n) is 4.17. The van der Waals surface area contributed by atoms with Crippen molar-refractivity contribution in [1.82, 2.24) is 10.6 Å². The van der Waals surface area contributed by atoms with Gasteiger partial charge >= 0.3 is 0 Å². The molecule has 110 valence electrons. The Labute approximate surface area is 136 Å². The first-order valence-electron chi connectivity index (χ1n) is 6.08. The third-order valence-electron chi connectivity index (χ3n) is 2.63. The number of rotatable bonds is 5. The summed E-state index contributed by atoms with van der Waals surface area (Å²) in [7, 11) is 0. The van der Waals surface area contributed by atoms with Gasteiger partial charge in [0.25, 0.3) is 5.91 Å². The zero-order valence-electron chi connectivity index (χ0n) is 10.9. The van der Waals surface area contributed by atoms with Crippen LogP contribution < -0.4 is 10.6 Å². The second-order valence-corrected chi connectivity index (χ2v) is 6.01. The van der Waals surface area contributed by atoms with Gasteiger partial charge in [-0.15, -0.1) is 11.3 Å². The van der Waals surface area contributed by atoms with Gasteiger partial charge in [0.15, 0.2) is 0 Å². The summed E-state index contributed by atoms with van der Waals surface area (Å²) in [5, 5.41) is 7.86. The van der Waals surface area contributed by atoms with Gasteiger partial charge < -0.3 is 10.6 Å². The predicted molar refractivity (Wildman–Crippen MR) is 85.0 cm³/mol. The molecule has 0 radical (unpaired) electrons. The van der Waals surface area contributed by atoms with Crippen LogP contribution in [-0.4, -0.2) is 18.4 Å². The van der Waals surface area contributed by atoms with E-state index in [2.05, 4.69) is 10.6 Å². The van der Waals surface area contributed by atoms with Crippen LogP contribution in [0.15, 0.2) is 35.7 Å². The quantitative estimate of drug-likeness (QED) is 0.877. The van der Waals surface area contributed by atoms with Crippen molar-refractivity contribution in [2.75, 3.05) is 6.54 Å². The van der Waals surface area contributed by atoms with E-state index in [0.717, 1.165) is 4.88 Å². The number of hydrogen-bond acceptors (Lipinski definition) is 3. The van der Waals surface area contributed by atoms with Crippen LogP contribution >= 0.6 is 34.5 Å². The molecule has 2 N–H and O–H groups in total. The van der Waals surface area contributed by atoms with Crippen LogP contribution in [0.5, 0.6) is 0 Å². The Morgan fingerprint density at radius 3 is 2.57 bits per heavy atom. The van der Waals surface area contributed by atoms with Crippen LogP contribution in [0.25, 0.3) is 0 Å². The maximum Gasteiger partial charge on any atom is 0.251 e. The molecule has 1 aromatic heterocycles. The average molecular weight is 343 g/mol. The van der Waals surface area contributed by atoms with Gasteiger partial charge in [0.05, 0.1) is 23.1 Å². The van der Waals surface area contributed by atoms with E-state index in [1.807, 2.05) is 17.5 Å². The summed E-state index contributed by atoms with van der Waals surface area (Å²) in [6.07, 6.45) is 0. The summed E-state index contributed by atoms with van der Waals surface area (Å²) in [5.74, 6) is -0.628. The normalized spacial score (nSPS) is 10.2. The Morgan fingerprint density at radius 2 is 1.90 bits per heavy atom. The Morgan fingerprint density at radius 1 is 1.10 bits per heavy atom. The molecular weight excluding hydrogens is 331 g/mol. The fourth-order valence-electron chi connectivity index (χ4n) is 1.56. The first-order valence-corrected chi connectivity index (χ1v) is 7.72. The van der Waals surface area contributed by atoms with Crippen LogP contribution in [0.3, 0.4) is 0 Å². The highest BCUT2D eigenvalue weighted by Gasteiger charge is 2.09. The first kappa shape index (κ1) is 15.8. The van der Waals surface area contributed by atoms with Crippen molar-refractivity contribution in [2.45, 2.75) is 6.54 Å². The zero-order chi connectivity index (χ0) is 15.2. The van der Waals surface area contributed by atoms with E-state index in [9.17, 15) is 9.59 Å². The third-order valence-corrected chi connectivity index (χ3v) is 4.25. The maximum absolute atomic E-state index is 11.9. The number of halogens is 2. The molecule has 2 amide bonds. The van der Waals surface area contributed by atoms with Crippen molar-refractivity contribution < 1.29 is 9.59 Å². The Bertz CT molecular complexity index is 644. The number of carbonyl (C=O) groups is 2. The molecule has 0 saturated carbocycles. The minimum Gasteiger partial charge on any atom is -0.350 e. The van der Waals surface area contributed by atoms with Crippen molar-refractivity contribution >= 4 is 46.4 Å². The first-order chi connectivity index (χ1) is 10.1. The van der Waals surface area contributed by atoms with E-state index in [1.165, 1.54) is 12.1 Å². The molecule has 2 rings (SSSR count). The number of amides is 2. The van der Waals surface area contributed by atoms with E-state index in [0.29, 0.717) is 22.2 Å². The number of benzene rings is 1. The van der Waals surface area contributed by atoms with E-state index >= 15 is 0 Å². The highest BCUT2D eigenvalue weighted by atomic mass is 35.5. The molecule has 0 bridgehead atoms. The molecule has 1 aromatic carbocycles. The number of nitrogens with one attached hydrogen (secondary N) is 2. The lowest BCUT2D eigenvalue weighted by Gasteiger charge is -2.07. The van der Waals surface area contributed by atoms with Gasteiger partial charge in [-0.3, -0.25) is 9.59 Å². The molecule has 1 heterocycles. The molecular formula is C14H12Cl2N2O2S. The summed E-state index contributed by atoms with van der Waals surface area (Å²) in [6.45, 7) is 0.365. The van der Waals surface area contributed by atoms with Gasteiger partial charge in [0.1, 0.15) is 0 Å². The summed E-state index contributed by atoms with van der Waals surface area (Å²) in [4.78, 5) is 24.5. The van der Waals surface area contributed by atoms with Gasteiger partial charge in [-0.05, 0) is 29.6 Å². The largest absolute Gasteiger partial charge is 0.350 e. The molecule has 2 aromatic rings. The molecule has 21 heavy (non-hydrogen) atoms. The lowest BCUT2D eigenvalue weighted by atomic mass is 10.2. The highest BCUT2D eigenvalue weighted by Crippen LogP contribution is 2.22. The molecule has 4 nitrogen and oxygen atoms in total. The second kappa shape index (κ2) is 7.45. The minimum absolute atomic E-state index is 0.0928. The minimum atomic E-state index is -0.375. The van der Waals surface area contributed by atoms with Gasteiger partial charge in [0, 0.05) is 10.4 Å². The standard InChI is InChI=1S/C14H12Cl2N2O2S/c15-11-4-3-9(6-12(11)16)14(20)18-8-13(19)17-7-10-2-1-5-21-10/h1-6H,7-8H2,(H,17,19)(H,18,20). The van der Waals surface area contributed by atoms with E-state index in [-0.39, 0.29) is 18.4 Å². The number of carbonyl (C=O) groups excluding carboxylic acids is 2. The molecule has 0 aliphatic carbocycles. The van der Waals surface area contributed by atoms with Gasteiger partial charge in [-0.25, -0.2) is 0 Å². The van der Waals surface area contributed by atoms with Crippen LogP contribution in [0.1, 0.15) is 15.2 Å². The molecule has 0 unspecified atom stereocenters. The SMILES string of the molecule is O=C(CNC(=O)c1ccc(Cl)c(Cl)c1)NCc1cccs1. The van der Waals surface area contributed by atoms with Crippen molar-refractivity contribution in [3.63, 3.8) is 0 Å². The molecule has 7 heteroatoms. The summed E-state index contributed by atoms with van der Waals surface area (Å²) in [6, 6.07) is 8.39. The fraction of sp³-hybridized carbons (Fsp3) is 0.143. The monoisotopic (exact) mass is 342 g/mol. The van der Waals surface area contributed by atoms with E-state index in [4.69, 9.17) is 23.2 Å². The van der Waals surface area contributed by atoms with Gasteiger partial charge in [0.2, 0.25) is 5.91 Å². The topological polar surface area (TPSA) is 58.2 Å². The number of thiophene rings is 1. The van der Waals surface area contributed by atoms with Crippen molar-refractivity contribution in [3.8, 4) is 0 Å². The lowest BCUT2D eigenvalue weighted by molar-refractivity contribution is -0.120. The molecule has 0 saturated heterocycles. The summed E-state index contributed by atoms with van der Waals surface area (Å²) >= 11 is 13.2. The Balaban J connectivity index is 1.80. The smallest absolute Gasteiger partial charge is 0.251 e. The lowest BCUT2D eigenvalue weighted by Crippen LogP contribution is -2.36. The fourth-order valence-corrected chi connectivity index (χ4v) is 2.50. The van der Waals surface area contributed by atoms with Crippen LogP contribution in [0.4, 0.5) is 0 Å². The third kappa shape index (κ3) is 4.74. The van der Waals surface area contributed by atoms with Crippen molar-refractivity contribution in [3.05, 3.63) is 56.2 Å². The van der Waals surface area contributed by atoms with Gasteiger partial charge in [-0.1, -0.05) is 29.3 Å². The van der Waals surface area contributed by atoms with Crippen molar-refractivity contribution in [1.29, 1.82) is 0 Å². The molecule has 0 atom stereocenters. The summed E-state index contributed by atoms with van der Waals surface area (Å²) < 4.78 is 0. The molecule has 0 fully saturated rings. The van der Waals surface area contributed by atoms with Gasteiger partial charge in [-0.2, -0.15) is 0 Å². The Hall–Kier alpha value is -1.56.